The van der Waals surface area contributed by atoms with Gasteiger partial charge in [0.15, 0.2) is 0 Å². The van der Waals surface area contributed by atoms with Crippen molar-refractivity contribution in [3.05, 3.63) is 53.5 Å². The summed E-state index contributed by atoms with van der Waals surface area (Å²) in [7, 11) is 0. The summed E-state index contributed by atoms with van der Waals surface area (Å²) in [6.07, 6.45) is 5.63. The number of hydrogen-bond donors (Lipinski definition) is 1. The molecular weight excluding hydrogens is 316 g/mol. The quantitative estimate of drug-likeness (QED) is 0.874. The van der Waals surface area contributed by atoms with Gasteiger partial charge < -0.3 is 10.1 Å². The maximum absolute atomic E-state index is 12.2. The zero-order valence-electron chi connectivity index (χ0n) is 14.7. The lowest BCUT2D eigenvalue weighted by Crippen LogP contribution is -2.27. The van der Waals surface area contributed by atoms with Crippen LogP contribution in [0, 0.1) is 16.7 Å². The molecule has 2 heterocycles. The van der Waals surface area contributed by atoms with Gasteiger partial charge in [-0.1, -0.05) is 20.8 Å². The molecule has 2 aromatic rings. The Hall–Kier alpha value is -2.94. The molecule has 0 aliphatic carbocycles. The van der Waals surface area contributed by atoms with Gasteiger partial charge in [-0.25, -0.2) is 4.98 Å². The highest BCUT2D eigenvalue weighted by molar-refractivity contribution is 5.94. The first-order chi connectivity index (χ1) is 11.9. The van der Waals surface area contributed by atoms with Gasteiger partial charge in [0.1, 0.15) is 18.2 Å². The van der Waals surface area contributed by atoms with E-state index in [1.54, 1.807) is 12.4 Å². The highest BCUT2D eigenvalue weighted by Gasteiger charge is 2.14. The van der Waals surface area contributed by atoms with Crippen molar-refractivity contribution >= 4 is 5.91 Å². The second kappa shape index (κ2) is 8.25. The number of ether oxygens (including phenoxy) is 1. The predicted octanol–water partition coefficient (Wildman–Crippen LogP) is 3.09. The molecule has 0 bridgehead atoms. The number of carbonyl (C=O) groups excluding carboxylic acids is 1. The first-order valence-electron chi connectivity index (χ1n) is 8.09. The van der Waals surface area contributed by atoms with E-state index in [1.807, 2.05) is 18.2 Å². The summed E-state index contributed by atoms with van der Waals surface area (Å²) in [6, 6.07) is 7.17. The summed E-state index contributed by atoms with van der Waals surface area (Å²) in [5.74, 6) is -0.0283. The Bertz CT molecular complexity index is 761. The smallest absolute Gasteiger partial charge is 0.252 e. The normalized spacial score (nSPS) is 10.8. The number of nitrogens with zero attached hydrogens (tertiary/aromatic N) is 3. The van der Waals surface area contributed by atoms with Gasteiger partial charge >= 0.3 is 0 Å². The van der Waals surface area contributed by atoms with Crippen LogP contribution in [0.25, 0.3) is 0 Å². The van der Waals surface area contributed by atoms with Crippen molar-refractivity contribution in [2.24, 2.45) is 5.41 Å². The average Bonchev–Trinajstić information content (AvgIpc) is 2.59. The van der Waals surface area contributed by atoms with E-state index in [2.05, 4.69) is 36.1 Å². The third-order valence-corrected chi connectivity index (χ3v) is 3.52. The van der Waals surface area contributed by atoms with Crippen molar-refractivity contribution in [1.82, 2.24) is 15.3 Å². The van der Waals surface area contributed by atoms with Crippen LogP contribution in [0.2, 0.25) is 0 Å². The largest absolute Gasteiger partial charge is 0.472 e. The van der Waals surface area contributed by atoms with Crippen molar-refractivity contribution < 1.29 is 9.53 Å². The van der Waals surface area contributed by atoms with E-state index in [9.17, 15) is 10.1 Å². The minimum Gasteiger partial charge on any atom is -0.472 e. The minimum absolute atomic E-state index is 0.147. The molecule has 2 rings (SSSR count). The Morgan fingerprint density at radius 1 is 1.32 bits per heavy atom. The number of amides is 1. The van der Waals surface area contributed by atoms with Crippen LogP contribution >= 0.6 is 0 Å². The van der Waals surface area contributed by atoms with E-state index in [-0.39, 0.29) is 29.4 Å². The fourth-order valence-corrected chi connectivity index (χ4v) is 2.06. The van der Waals surface area contributed by atoms with Crippen molar-refractivity contribution in [1.29, 1.82) is 5.26 Å². The average molecular weight is 338 g/mol. The molecule has 0 fully saturated rings. The highest BCUT2D eigenvalue weighted by atomic mass is 16.5. The van der Waals surface area contributed by atoms with Gasteiger partial charge in [0.2, 0.25) is 5.88 Å². The molecule has 0 atom stereocenters. The molecule has 25 heavy (non-hydrogen) atoms. The molecule has 130 valence electrons. The first-order valence-corrected chi connectivity index (χ1v) is 8.09. The lowest BCUT2D eigenvalue weighted by atomic mass is 9.92. The van der Waals surface area contributed by atoms with Crippen LogP contribution in [-0.2, 0) is 6.61 Å². The summed E-state index contributed by atoms with van der Waals surface area (Å²) in [5, 5.41) is 12.1. The SMILES string of the molecule is CC(C)(C)CCNC(=O)c1cnc(OCc2ccncc2)c(C#N)c1. The third-order valence-electron chi connectivity index (χ3n) is 3.52. The molecule has 0 radical (unpaired) electrons. The van der Waals surface area contributed by atoms with Gasteiger partial charge in [-0.05, 0) is 35.6 Å². The summed E-state index contributed by atoms with van der Waals surface area (Å²) in [6.45, 7) is 7.20. The zero-order valence-corrected chi connectivity index (χ0v) is 14.7. The van der Waals surface area contributed by atoms with Crippen molar-refractivity contribution in [2.75, 3.05) is 6.54 Å². The highest BCUT2D eigenvalue weighted by Crippen LogP contribution is 2.19. The Kier molecular flexibility index (Phi) is 6.07. The van der Waals surface area contributed by atoms with Gasteiger partial charge in [-0.2, -0.15) is 5.26 Å². The Labute approximate surface area is 147 Å². The third kappa shape index (κ3) is 5.88. The van der Waals surface area contributed by atoms with Crippen molar-refractivity contribution in [3.8, 4) is 11.9 Å². The minimum atomic E-state index is -0.242. The second-order valence-corrected chi connectivity index (χ2v) is 6.90. The monoisotopic (exact) mass is 338 g/mol. The van der Waals surface area contributed by atoms with Crippen molar-refractivity contribution in [2.45, 2.75) is 33.8 Å². The molecule has 6 nitrogen and oxygen atoms in total. The number of pyridine rings is 2. The molecule has 1 amide bonds. The summed E-state index contributed by atoms with van der Waals surface area (Å²) >= 11 is 0. The first kappa shape index (κ1) is 18.4. The van der Waals surface area contributed by atoms with E-state index in [0.717, 1.165) is 12.0 Å². The summed E-state index contributed by atoms with van der Waals surface area (Å²) in [4.78, 5) is 20.2. The standard InChI is InChI=1S/C19H22N4O2/c1-19(2,3)6-9-22-17(24)16-10-15(11-20)18(23-12-16)25-13-14-4-7-21-8-5-14/h4-5,7-8,10,12H,6,9,13H2,1-3H3,(H,22,24). The number of carbonyl (C=O) groups is 1. The second-order valence-electron chi connectivity index (χ2n) is 6.90. The fourth-order valence-electron chi connectivity index (χ4n) is 2.06. The molecule has 0 unspecified atom stereocenters. The topological polar surface area (TPSA) is 87.9 Å². The molecule has 6 heteroatoms. The van der Waals surface area contributed by atoms with E-state index in [1.165, 1.54) is 12.3 Å². The van der Waals surface area contributed by atoms with Gasteiger partial charge in [-0.3, -0.25) is 9.78 Å². The fraction of sp³-hybridized carbons (Fsp3) is 0.368. The maximum Gasteiger partial charge on any atom is 0.252 e. The number of aromatic nitrogens is 2. The molecular formula is C19H22N4O2. The number of nitrogens with one attached hydrogen (secondary N) is 1. The van der Waals surface area contributed by atoms with E-state index < -0.39 is 0 Å². The molecule has 0 aliphatic rings. The molecule has 0 spiro atoms. The lowest BCUT2D eigenvalue weighted by Gasteiger charge is -2.18. The molecule has 2 aromatic heterocycles. The maximum atomic E-state index is 12.2. The van der Waals surface area contributed by atoms with Crippen LogP contribution in [0.1, 0.15) is 48.7 Å². The predicted molar refractivity (Wildman–Crippen MR) is 93.9 cm³/mol. The van der Waals surface area contributed by atoms with Crippen LogP contribution in [0.3, 0.4) is 0 Å². The van der Waals surface area contributed by atoms with E-state index >= 15 is 0 Å². The number of nitriles is 1. The molecule has 0 saturated carbocycles. The van der Waals surface area contributed by atoms with Gasteiger partial charge in [-0.15, -0.1) is 0 Å². The van der Waals surface area contributed by atoms with Crippen molar-refractivity contribution in [3.63, 3.8) is 0 Å². The molecule has 0 aliphatic heterocycles. The van der Waals surface area contributed by atoms with Gasteiger partial charge in [0.25, 0.3) is 5.91 Å². The van der Waals surface area contributed by atoms with Crippen LogP contribution < -0.4 is 10.1 Å². The number of rotatable bonds is 6. The Morgan fingerprint density at radius 2 is 2.04 bits per heavy atom. The zero-order chi connectivity index (χ0) is 18.3. The van der Waals surface area contributed by atoms with Crippen LogP contribution in [0.5, 0.6) is 5.88 Å². The Balaban J connectivity index is 2.01. The Morgan fingerprint density at radius 3 is 2.68 bits per heavy atom. The molecule has 1 N–H and O–H groups in total. The molecule has 0 aromatic carbocycles. The number of hydrogen-bond acceptors (Lipinski definition) is 5. The summed E-state index contributed by atoms with van der Waals surface area (Å²) in [5.41, 5.74) is 1.65. The van der Waals surface area contributed by atoms with E-state index in [4.69, 9.17) is 4.74 Å². The molecule has 0 saturated heterocycles. The van der Waals surface area contributed by atoms with Crippen LogP contribution in [0.4, 0.5) is 0 Å². The van der Waals surface area contributed by atoms with Gasteiger partial charge in [0, 0.05) is 25.1 Å². The van der Waals surface area contributed by atoms with Gasteiger partial charge in [0.05, 0.1) is 5.56 Å². The van der Waals surface area contributed by atoms with Crippen LogP contribution in [-0.4, -0.2) is 22.4 Å². The van der Waals surface area contributed by atoms with E-state index in [0.29, 0.717) is 12.1 Å². The van der Waals surface area contributed by atoms with Crippen LogP contribution in [0.15, 0.2) is 36.8 Å². The lowest BCUT2D eigenvalue weighted by molar-refractivity contribution is 0.0949. The summed E-state index contributed by atoms with van der Waals surface area (Å²) < 4.78 is 5.58.